The first-order valence-corrected chi connectivity index (χ1v) is 4.49. The van der Waals surface area contributed by atoms with Gasteiger partial charge in [0.2, 0.25) is 0 Å². The summed E-state index contributed by atoms with van der Waals surface area (Å²) < 4.78 is 9.08. The molecule has 0 fully saturated rings. The topological polar surface area (TPSA) is 47.9 Å². The highest BCUT2D eigenvalue weighted by molar-refractivity contribution is 7.03. The molecule has 0 unspecified atom stereocenters. The Morgan fingerprint density at radius 2 is 2.23 bits per heavy atom. The van der Waals surface area contributed by atoms with Crippen LogP contribution in [0.5, 0.6) is 5.75 Å². The maximum absolute atomic E-state index is 5.30. The molecule has 0 atom stereocenters. The highest BCUT2D eigenvalue weighted by Crippen LogP contribution is 2.11. The summed E-state index contributed by atoms with van der Waals surface area (Å²) in [5, 5.41) is 1.78. The van der Waals surface area contributed by atoms with E-state index in [2.05, 4.69) is 20.5 Å². The Bertz CT molecular complexity index is 349. The van der Waals surface area contributed by atoms with Gasteiger partial charge in [-0.1, -0.05) is 0 Å². The van der Waals surface area contributed by atoms with Crippen LogP contribution in [0.1, 0.15) is 5.82 Å². The zero-order valence-corrected chi connectivity index (χ0v) is 7.49. The molecule has 0 aliphatic rings. The Morgan fingerprint density at radius 1 is 1.38 bits per heavy atom. The van der Waals surface area contributed by atoms with Crippen molar-refractivity contribution in [1.82, 2.24) is 14.3 Å². The predicted octanol–water partition coefficient (Wildman–Crippen LogP) is 1.31. The van der Waals surface area contributed by atoms with Crippen LogP contribution in [0, 0.1) is 6.20 Å². The smallest absolute Gasteiger partial charge is 0.166 e. The third-order valence-corrected chi connectivity index (χ3v) is 1.86. The van der Waals surface area contributed by atoms with Gasteiger partial charge in [0.1, 0.15) is 12.8 Å². The largest absolute Gasteiger partial charge is 0.482 e. The maximum Gasteiger partial charge on any atom is 0.166 e. The van der Waals surface area contributed by atoms with Crippen LogP contribution < -0.4 is 4.74 Å². The second-order valence-corrected chi connectivity index (χ2v) is 2.87. The molecule has 0 aromatic carbocycles. The average molecular weight is 192 g/mol. The van der Waals surface area contributed by atoms with Crippen LogP contribution in [0.15, 0.2) is 23.8 Å². The summed E-state index contributed by atoms with van der Waals surface area (Å²) in [7, 11) is 0. The van der Waals surface area contributed by atoms with Gasteiger partial charge in [0, 0.05) is 12.4 Å². The normalized spacial score (nSPS) is 9.85. The van der Waals surface area contributed by atoms with Crippen molar-refractivity contribution >= 4 is 11.5 Å². The lowest BCUT2D eigenvalue weighted by molar-refractivity contribution is 0.295. The third kappa shape index (κ3) is 2.22. The second-order valence-electron chi connectivity index (χ2n) is 2.24. The minimum atomic E-state index is 0.357. The van der Waals surface area contributed by atoms with E-state index in [-0.39, 0.29) is 0 Å². The van der Waals surface area contributed by atoms with Gasteiger partial charge < -0.3 is 4.74 Å². The highest BCUT2D eigenvalue weighted by Gasteiger charge is 1.97. The fourth-order valence-electron chi connectivity index (χ4n) is 0.785. The van der Waals surface area contributed by atoms with Gasteiger partial charge in [0.15, 0.2) is 11.6 Å². The van der Waals surface area contributed by atoms with Crippen LogP contribution in [0.2, 0.25) is 0 Å². The number of aromatic nitrogens is 3. The molecule has 0 bridgehead atoms. The standard InChI is InChI=1S/C8H6N3OS/c1-2-9-8(10-3-1)5-12-7-4-11-13-6-7/h1-3,6H,5H2. The molecule has 0 spiro atoms. The van der Waals surface area contributed by atoms with Gasteiger partial charge in [-0.15, -0.1) is 0 Å². The van der Waals surface area contributed by atoms with Crippen molar-refractivity contribution in [3.05, 3.63) is 35.9 Å². The zero-order valence-electron chi connectivity index (χ0n) is 6.67. The zero-order chi connectivity index (χ0) is 8.93. The van der Waals surface area contributed by atoms with Crippen LogP contribution in [0.4, 0.5) is 0 Å². The molecule has 0 N–H and O–H groups in total. The fraction of sp³-hybridized carbons (Fsp3) is 0.125. The predicted molar refractivity (Wildman–Crippen MR) is 47.3 cm³/mol. The third-order valence-electron chi connectivity index (χ3n) is 1.34. The molecule has 2 rings (SSSR count). The van der Waals surface area contributed by atoms with E-state index < -0.39 is 0 Å². The molecule has 0 aliphatic carbocycles. The fourth-order valence-corrected chi connectivity index (χ4v) is 1.20. The van der Waals surface area contributed by atoms with E-state index in [4.69, 9.17) is 4.74 Å². The molecular formula is C8H6N3OS. The Morgan fingerprint density at radius 3 is 2.92 bits per heavy atom. The molecular weight excluding hydrogens is 186 g/mol. The van der Waals surface area contributed by atoms with Crippen LogP contribution in [-0.2, 0) is 6.61 Å². The molecule has 0 saturated heterocycles. The van der Waals surface area contributed by atoms with Crippen LogP contribution >= 0.6 is 11.5 Å². The lowest BCUT2D eigenvalue weighted by atomic mass is 10.6. The molecule has 2 aromatic rings. The minimum absolute atomic E-state index is 0.357. The molecule has 0 saturated carbocycles. The van der Waals surface area contributed by atoms with Crippen LogP contribution in [-0.4, -0.2) is 14.3 Å². The van der Waals surface area contributed by atoms with Crippen molar-refractivity contribution in [3.8, 4) is 5.75 Å². The van der Waals surface area contributed by atoms with Crippen molar-refractivity contribution in [2.75, 3.05) is 0 Å². The molecule has 4 nitrogen and oxygen atoms in total. The van der Waals surface area contributed by atoms with Crippen molar-refractivity contribution in [2.24, 2.45) is 0 Å². The Hall–Kier alpha value is -1.49. The van der Waals surface area contributed by atoms with Crippen molar-refractivity contribution in [3.63, 3.8) is 0 Å². The SMILES string of the molecule is [c]1nscc1OCc1ncccn1. The summed E-state index contributed by atoms with van der Waals surface area (Å²) in [5.41, 5.74) is 0. The van der Waals surface area contributed by atoms with Gasteiger partial charge in [0.25, 0.3) is 0 Å². The van der Waals surface area contributed by atoms with Gasteiger partial charge in [0.05, 0.1) is 5.38 Å². The highest BCUT2D eigenvalue weighted by atomic mass is 32.1. The number of ether oxygens (including phenoxy) is 1. The maximum atomic E-state index is 5.30. The summed E-state index contributed by atoms with van der Waals surface area (Å²) in [6, 6.07) is 1.77. The van der Waals surface area contributed by atoms with E-state index in [9.17, 15) is 0 Å². The summed E-state index contributed by atoms with van der Waals surface area (Å²) in [4.78, 5) is 8.02. The van der Waals surface area contributed by atoms with E-state index >= 15 is 0 Å². The Labute approximate surface area is 79.4 Å². The van der Waals surface area contributed by atoms with Gasteiger partial charge in [-0.3, -0.25) is 0 Å². The Balaban J connectivity index is 1.94. The van der Waals surface area contributed by atoms with E-state index in [1.54, 1.807) is 23.8 Å². The summed E-state index contributed by atoms with van der Waals surface area (Å²) >= 11 is 1.30. The lowest BCUT2D eigenvalue weighted by Crippen LogP contribution is -1.99. The average Bonchev–Trinajstić information content (AvgIpc) is 2.69. The van der Waals surface area contributed by atoms with Crippen molar-refractivity contribution < 1.29 is 4.74 Å². The second kappa shape index (κ2) is 3.95. The first-order chi connectivity index (χ1) is 6.45. The first-order valence-electron chi connectivity index (χ1n) is 3.66. The van der Waals surface area contributed by atoms with Gasteiger partial charge in [-0.2, -0.15) is 4.37 Å². The molecule has 1 radical (unpaired) electrons. The van der Waals surface area contributed by atoms with E-state index in [0.29, 0.717) is 18.2 Å². The molecule has 2 heterocycles. The van der Waals surface area contributed by atoms with Crippen LogP contribution in [0.3, 0.4) is 0 Å². The van der Waals surface area contributed by atoms with Gasteiger partial charge >= 0.3 is 0 Å². The number of nitrogens with zero attached hydrogens (tertiary/aromatic N) is 3. The summed E-state index contributed by atoms with van der Waals surface area (Å²) in [5.74, 6) is 1.29. The molecule has 0 amide bonds. The molecule has 2 aromatic heterocycles. The van der Waals surface area contributed by atoms with Crippen molar-refractivity contribution in [2.45, 2.75) is 6.61 Å². The monoisotopic (exact) mass is 192 g/mol. The van der Waals surface area contributed by atoms with E-state index in [1.807, 2.05) is 0 Å². The van der Waals surface area contributed by atoms with Crippen LogP contribution in [0.25, 0.3) is 0 Å². The van der Waals surface area contributed by atoms with Gasteiger partial charge in [-0.05, 0) is 17.6 Å². The summed E-state index contributed by atoms with van der Waals surface area (Å²) in [6.07, 6.45) is 6.06. The Kier molecular flexibility index (Phi) is 2.47. The van der Waals surface area contributed by atoms with E-state index in [0.717, 1.165) is 0 Å². The molecule has 5 heteroatoms. The van der Waals surface area contributed by atoms with E-state index in [1.165, 1.54) is 11.5 Å². The lowest BCUT2D eigenvalue weighted by Gasteiger charge is -1.99. The van der Waals surface area contributed by atoms with Gasteiger partial charge in [-0.25, -0.2) is 9.97 Å². The first kappa shape index (κ1) is 8.12. The quantitative estimate of drug-likeness (QED) is 0.735. The molecule has 13 heavy (non-hydrogen) atoms. The summed E-state index contributed by atoms with van der Waals surface area (Å²) in [6.45, 7) is 0.357. The van der Waals surface area contributed by atoms with Crippen molar-refractivity contribution in [1.29, 1.82) is 0 Å². The number of rotatable bonds is 3. The molecule has 65 valence electrons. The molecule has 0 aliphatic heterocycles. The number of hydrogen-bond donors (Lipinski definition) is 0. The number of hydrogen-bond acceptors (Lipinski definition) is 5. The minimum Gasteiger partial charge on any atom is -0.482 e.